The van der Waals surface area contributed by atoms with Crippen LogP contribution in [0.4, 0.5) is 4.79 Å². The first-order valence-electron chi connectivity index (χ1n) is 9.97. The second-order valence-electron chi connectivity index (χ2n) is 7.70. The molecule has 0 saturated heterocycles. The van der Waals surface area contributed by atoms with Gasteiger partial charge in [-0.15, -0.1) is 0 Å². The fourth-order valence-corrected chi connectivity index (χ4v) is 4.67. The van der Waals surface area contributed by atoms with Gasteiger partial charge in [-0.25, -0.2) is 4.79 Å². The first-order valence-corrected chi connectivity index (χ1v) is 9.97. The van der Waals surface area contributed by atoms with Crippen molar-refractivity contribution in [3.8, 4) is 11.1 Å². The molecule has 0 heterocycles. The standard InChI is InChI=1S/C23H25NO4/c25-22(26)13-12-15-6-5-11-21(15)24-23(27)28-14-20-18-9-3-1-7-16(18)17-8-2-4-10-19(17)20/h1-4,7-10,15,20-21H,5-6,11-14H2,(H,24,27)(H,25,26)/t15-,21+/m0/s1. The molecule has 2 aliphatic rings. The molecule has 2 aromatic carbocycles. The lowest BCUT2D eigenvalue weighted by molar-refractivity contribution is -0.137. The third-order valence-electron chi connectivity index (χ3n) is 6.03. The van der Waals surface area contributed by atoms with Crippen LogP contribution in [0.5, 0.6) is 0 Å². The Morgan fingerprint density at radius 3 is 2.29 bits per heavy atom. The van der Waals surface area contributed by atoms with E-state index in [1.165, 1.54) is 22.3 Å². The molecule has 2 aromatic rings. The molecule has 2 aliphatic carbocycles. The molecule has 5 heteroatoms. The summed E-state index contributed by atoms with van der Waals surface area (Å²) in [6, 6.07) is 16.5. The Bertz CT molecular complexity index is 833. The minimum absolute atomic E-state index is 0.00926. The molecule has 0 radical (unpaired) electrons. The van der Waals surface area contributed by atoms with Gasteiger partial charge in [0.1, 0.15) is 6.61 Å². The summed E-state index contributed by atoms with van der Waals surface area (Å²) in [5.41, 5.74) is 4.79. The average Bonchev–Trinajstić information content (AvgIpc) is 3.27. The third-order valence-corrected chi connectivity index (χ3v) is 6.03. The highest BCUT2D eigenvalue weighted by atomic mass is 16.5. The number of nitrogens with one attached hydrogen (secondary N) is 1. The van der Waals surface area contributed by atoms with Crippen LogP contribution >= 0.6 is 0 Å². The molecule has 5 nitrogen and oxygen atoms in total. The molecule has 2 N–H and O–H groups in total. The molecule has 0 aliphatic heterocycles. The van der Waals surface area contributed by atoms with Crippen molar-refractivity contribution < 1.29 is 19.4 Å². The highest BCUT2D eigenvalue weighted by Gasteiger charge is 2.31. The molecule has 1 fully saturated rings. The predicted molar refractivity (Wildman–Crippen MR) is 106 cm³/mol. The maximum Gasteiger partial charge on any atom is 0.407 e. The lowest BCUT2D eigenvalue weighted by atomic mass is 9.97. The van der Waals surface area contributed by atoms with Gasteiger partial charge in [0.15, 0.2) is 0 Å². The number of fused-ring (bicyclic) bond motifs is 3. The fraction of sp³-hybridized carbons (Fsp3) is 0.391. The molecule has 146 valence electrons. The van der Waals surface area contributed by atoms with Crippen LogP contribution in [0.25, 0.3) is 11.1 Å². The van der Waals surface area contributed by atoms with Crippen LogP contribution in [0.3, 0.4) is 0 Å². The number of amides is 1. The van der Waals surface area contributed by atoms with Crippen molar-refractivity contribution in [1.82, 2.24) is 5.32 Å². The molecule has 2 atom stereocenters. The molecule has 0 spiro atoms. The van der Waals surface area contributed by atoms with Crippen molar-refractivity contribution in [2.75, 3.05) is 6.61 Å². The zero-order valence-corrected chi connectivity index (χ0v) is 15.8. The summed E-state index contributed by atoms with van der Waals surface area (Å²) >= 11 is 0. The summed E-state index contributed by atoms with van der Waals surface area (Å²) in [7, 11) is 0. The molecule has 1 amide bonds. The van der Waals surface area contributed by atoms with E-state index in [9.17, 15) is 9.59 Å². The summed E-state index contributed by atoms with van der Waals surface area (Å²) in [5.74, 6) is -0.520. The summed E-state index contributed by atoms with van der Waals surface area (Å²) in [4.78, 5) is 23.2. The number of carbonyl (C=O) groups is 2. The van der Waals surface area contributed by atoms with E-state index in [1.807, 2.05) is 24.3 Å². The van der Waals surface area contributed by atoms with Crippen LogP contribution in [0.15, 0.2) is 48.5 Å². The third kappa shape index (κ3) is 3.75. The predicted octanol–water partition coefficient (Wildman–Crippen LogP) is 4.56. The van der Waals surface area contributed by atoms with Crippen LogP contribution in [0.1, 0.15) is 49.1 Å². The Morgan fingerprint density at radius 2 is 1.64 bits per heavy atom. The molecule has 28 heavy (non-hydrogen) atoms. The molecule has 0 unspecified atom stereocenters. The van der Waals surface area contributed by atoms with Gasteiger partial charge < -0.3 is 15.2 Å². The van der Waals surface area contributed by atoms with Crippen molar-refractivity contribution in [2.45, 2.75) is 44.1 Å². The van der Waals surface area contributed by atoms with Crippen molar-refractivity contribution in [1.29, 1.82) is 0 Å². The van der Waals surface area contributed by atoms with Crippen LogP contribution < -0.4 is 5.32 Å². The van der Waals surface area contributed by atoms with Crippen LogP contribution in [-0.2, 0) is 9.53 Å². The minimum Gasteiger partial charge on any atom is -0.481 e. The average molecular weight is 379 g/mol. The van der Waals surface area contributed by atoms with Gasteiger partial charge >= 0.3 is 12.1 Å². The topological polar surface area (TPSA) is 75.6 Å². The molecular weight excluding hydrogens is 354 g/mol. The lowest BCUT2D eigenvalue weighted by Gasteiger charge is -2.21. The van der Waals surface area contributed by atoms with E-state index < -0.39 is 12.1 Å². The van der Waals surface area contributed by atoms with E-state index in [0.29, 0.717) is 13.0 Å². The number of hydrogen-bond acceptors (Lipinski definition) is 3. The van der Waals surface area contributed by atoms with Crippen molar-refractivity contribution in [3.63, 3.8) is 0 Å². The summed E-state index contributed by atoms with van der Waals surface area (Å²) in [5, 5.41) is 11.9. The first kappa shape index (κ1) is 18.5. The Labute approximate surface area is 164 Å². The number of benzene rings is 2. The van der Waals surface area contributed by atoms with Gasteiger partial charge in [-0.05, 0) is 47.4 Å². The number of rotatable bonds is 6. The zero-order valence-electron chi connectivity index (χ0n) is 15.8. The van der Waals surface area contributed by atoms with Crippen LogP contribution in [0, 0.1) is 5.92 Å². The first-order chi connectivity index (χ1) is 13.6. The van der Waals surface area contributed by atoms with E-state index in [1.54, 1.807) is 0 Å². The van der Waals surface area contributed by atoms with E-state index in [4.69, 9.17) is 9.84 Å². The van der Waals surface area contributed by atoms with E-state index in [2.05, 4.69) is 29.6 Å². The van der Waals surface area contributed by atoms with Gasteiger partial charge in [-0.1, -0.05) is 55.0 Å². The lowest BCUT2D eigenvalue weighted by Crippen LogP contribution is -2.38. The van der Waals surface area contributed by atoms with Crippen LogP contribution in [0.2, 0.25) is 0 Å². The Hall–Kier alpha value is -2.82. The Morgan fingerprint density at radius 1 is 1.00 bits per heavy atom. The second-order valence-corrected chi connectivity index (χ2v) is 7.70. The fourth-order valence-electron chi connectivity index (χ4n) is 4.67. The van der Waals surface area contributed by atoms with E-state index >= 15 is 0 Å². The van der Waals surface area contributed by atoms with Gasteiger partial charge in [0, 0.05) is 18.4 Å². The molecule has 0 bridgehead atoms. The number of carbonyl (C=O) groups excluding carboxylic acids is 1. The number of ether oxygens (including phenoxy) is 1. The van der Waals surface area contributed by atoms with Gasteiger partial charge in [-0.3, -0.25) is 4.79 Å². The number of alkyl carbamates (subject to hydrolysis) is 1. The Kier molecular flexibility index (Phi) is 5.33. The summed E-state index contributed by atoms with van der Waals surface area (Å²) in [6.07, 6.45) is 3.19. The molecular formula is C23H25NO4. The monoisotopic (exact) mass is 379 g/mol. The highest BCUT2D eigenvalue weighted by molar-refractivity contribution is 5.79. The van der Waals surface area contributed by atoms with E-state index in [-0.39, 0.29) is 24.3 Å². The SMILES string of the molecule is O=C(O)CC[C@@H]1CCC[C@H]1NC(=O)OCC1c2ccccc2-c2ccccc21. The van der Waals surface area contributed by atoms with Gasteiger partial charge in [-0.2, -0.15) is 0 Å². The van der Waals surface area contributed by atoms with Gasteiger partial charge in [0.25, 0.3) is 0 Å². The number of hydrogen-bond donors (Lipinski definition) is 2. The summed E-state index contributed by atoms with van der Waals surface area (Å²) < 4.78 is 5.61. The maximum atomic E-state index is 12.4. The van der Waals surface area contributed by atoms with E-state index in [0.717, 1.165) is 19.3 Å². The molecule has 4 rings (SSSR count). The largest absolute Gasteiger partial charge is 0.481 e. The van der Waals surface area contributed by atoms with Crippen molar-refractivity contribution >= 4 is 12.1 Å². The van der Waals surface area contributed by atoms with Crippen LogP contribution in [-0.4, -0.2) is 29.8 Å². The number of carboxylic acid groups (broad SMARTS) is 1. The molecule has 1 saturated carbocycles. The smallest absolute Gasteiger partial charge is 0.407 e. The van der Waals surface area contributed by atoms with Crippen molar-refractivity contribution in [2.24, 2.45) is 5.92 Å². The molecule has 0 aromatic heterocycles. The highest BCUT2D eigenvalue weighted by Crippen LogP contribution is 2.44. The Balaban J connectivity index is 1.38. The maximum absolute atomic E-state index is 12.4. The quantitative estimate of drug-likeness (QED) is 0.771. The second kappa shape index (κ2) is 8.05. The normalized spacial score (nSPS) is 20.4. The minimum atomic E-state index is -0.785. The number of carboxylic acids is 1. The summed E-state index contributed by atoms with van der Waals surface area (Å²) in [6.45, 7) is 0.298. The van der Waals surface area contributed by atoms with Gasteiger partial charge in [0.2, 0.25) is 0 Å². The zero-order chi connectivity index (χ0) is 19.5. The van der Waals surface area contributed by atoms with Crippen molar-refractivity contribution in [3.05, 3.63) is 59.7 Å². The number of aliphatic carboxylic acids is 1. The van der Waals surface area contributed by atoms with Gasteiger partial charge in [0.05, 0.1) is 0 Å².